The van der Waals surface area contributed by atoms with Crippen LogP contribution < -0.4 is 11.5 Å². The molecule has 0 fully saturated rings. The molecule has 0 bridgehead atoms. The van der Waals surface area contributed by atoms with Gasteiger partial charge >= 0.3 is 0 Å². The predicted octanol–water partition coefficient (Wildman–Crippen LogP) is 1.12. The molecule has 0 radical (unpaired) electrons. The number of nitrogen functional groups attached to an aromatic ring is 1. The summed E-state index contributed by atoms with van der Waals surface area (Å²) >= 11 is 0. The smallest absolute Gasteiger partial charge is 0.181 e. The Balaban J connectivity index is 2.89. The zero-order chi connectivity index (χ0) is 12.8. The van der Waals surface area contributed by atoms with Crippen molar-refractivity contribution in [2.24, 2.45) is 5.73 Å². The molecule has 0 amide bonds. The van der Waals surface area contributed by atoms with Gasteiger partial charge < -0.3 is 11.5 Å². The van der Waals surface area contributed by atoms with Crippen LogP contribution in [0.2, 0.25) is 0 Å². The van der Waals surface area contributed by atoms with Crippen molar-refractivity contribution in [3.8, 4) is 0 Å². The average molecular weight is 235 g/mol. The molecule has 0 aliphatic heterocycles. The Morgan fingerprint density at radius 3 is 2.18 bits per heavy atom. The van der Waals surface area contributed by atoms with E-state index in [1.807, 2.05) is 13.8 Å². The van der Waals surface area contributed by atoms with E-state index in [1.54, 1.807) is 24.3 Å². The summed E-state index contributed by atoms with van der Waals surface area (Å²) in [7, 11) is 0. The summed E-state index contributed by atoms with van der Waals surface area (Å²) in [4.78, 5) is 14.4. The molecule has 0 spiro atoms. The fraction of sp³-hybridized carbons (Fsp3) is 0.462. The normalized spacial score (nSPS) is 12.7. The molecule has 1 aromatic carbocycles. The highest BCUT2D eigenvalue weighted by Crippen LogP contribution is 2.11. The van der Waals surface area contributed by atoms with Crippen LogP contribution >= 0.6 is 0 Å². The maximum absolute atomic E-state index is 12.3. The molecule has 1 rings (SSSR count). The first-order valence-electron chi connectivity index (χ1n) is 5.97. The van der Waals surface area contributed by atoms with Crippen LogP contribution in [0.4, 0.5) is 5.69 Å². The highest BCUT2D eigenvalue weighted by molar-refractivity contribution is 6.00. The Morgan fingerprint density at radius 2 is 1.76 bits per heavy atom. The molecule has 94 valence electrons. The molecule has 0 heterocycles. The summed E-state index contributed by atoms with van der Waals surface area (Å²) in [5.41, 5.74) is 12.6. The summed E-state index contributed by atoms with van der Waals surface area (Å²) in [6.45, 7) is 6.04. The van der Waals surface area contributed by atoms with Crippen LogP contribution in [0.1, 0.15) is 24.2 Å². The molecule has 4 heteroatoms. The molecule has 4 nitrogen and oxygen atoms in total. The van der Waals surface area contributed by atoms with E-state index in [0.29, 0.717) is 17.8 Å². The van der Waals surface area contributed by atoms with Gasteiger partial charge in [0.25, 0.3) is 0 Å². The van der Waals surface area contributed by atoms with Crippen LogP contribution in [-0.4, -0.2) is 36.4 Å². The number of nitrogens with zero attached hydrogens (tertiary/aromatic N) is 1. The van der Waals surface area contributed by atoms with Crippen LogP contribution in [0.25, 0.3) is 0 Å². The van der Waals surface area contributed by atoms with Crippen LogP contribution in [-0.2, 0) is 0 Å². The van der Waals surface area contributed by atoms with Gasteiger partial charge in [-0.15, -0.1) is 0 Å². The first-order valence-corrected chi connectivity index (χ1v) is 5.97. The quantitative estimate of drug-likeness (QED) is 0.572. The van der Waals surface area contributed by atoms with Gasteiger partial charge in [-0.05, 0) is 37.4 Å². The molecular weight excluding hydrogens is 214 g/mol. The van der Waals surface area contributed by atoms with Gasteiger partial charge in [-0.2, -0.15) is 0 Å². The highest BCUT2D eigenvalue weighted by atomic mass is 16.1. The average Bonchev–Trinajstić information content (AvgIpc) is 2.36. The van der Waals surface area contributed by atoms with Crippen molar-refractivity contribution in [1.82, 2.24) is 4.90 Å². The number of carbonyl (C=O) groups excluding carboxylic acids is 1. The Morgan fingerprint density at radius 1 is 1.24 bits per heavy atom. The van der Waals surface area contributed by atoms with E-state index in [4.69, 9.17) is 11.5 Å². The number of likely N-dealkylation sites (N-methyl/N-ethyl adjacent to an activating group) is 1. The van der Waals surface area contributed by atoms with Crippen LogP contribution in [0.15, 0.2) is 24.3 Å². The van der Waals surface area contributed by atoms with E-state index >= 15 is 0 Å². The molecule has 1 unspecified atom stereocenters. The molecule has 17 heavy (non-hydrogen) atoms. The van der Waals surface area contributed by atoms with E-state index in [2.05, 4.69) is 4.90 Å². The van der Waals surface area contributed by atoms with Crippen molar-refractivity contribution < 1.29 is 4.79 Å². The van der Waals surface area contributed by atoms with E-state index in [9.17, 15) is 4.79 Å². The number of carbonyl (C=O) groups is 1. The summed E-state index contributed by atoms with van der Waals surface area (Å²) in [5.74, 6) is 0.0659. The molecule has 0 aliphatic rings. The second kappa shape index (κ2) is 6.37. The molecule has 0 saturated heterocycles. The number of Topliss-reactive ketones (excluding diaryl/α,β-unsaturated/α-hetero) is 1. The lowest BCUT2D eigenvalue weighted by molar-refractivity contribution is 0.0840. The number of hydrogen-bond acceptors (Lipinski definition) is 4. The van der Waals surface area contributed by atoms with Crippen LogP contribution in [0, 0.1) is 0 Å². The Labute approximate surface area is 103 Å². The number of anilines is 1. The Bertz CT molecular complexity index is 357. The standard InChI is InChI=1S/C13H21N3O/c1-3-16(4-2)12(9-14)13(17)10-5-7-11(15)8-6-10/h5-8,12H,3-4,9,14-15H2,1-2H3. The van der Waals surface area contributed by atoms with Gasteiger partial charge in [-0.25, -0.2) is 0 Å². The van der Waals surface area contributed by atoms with Crippen molar-refractivity contribution >= 4 is 11.5 Å². The second-order valence-corrected chi connectivity index (χ2v) is 3.96. The molecular formula is C13H21N3O. The summed E-state index contributed by atoms with van der Waals surface area (Å²) in [6, 6.07) is 6.74. The zero-order valence-electron chi connectivity index (χ0n) is 10.5. The molecule has 0 saturated carbocycles. The zero-order valence-corrected chi connectivity index (χ0v) is 10.5. The van der Waals surface area contributed by atoms with Crippen molar-refractivity contribution in [2.75, 3.05) is 25.4 Å². The Hall–Kier alpha value is -1.39. The minimum absolute atomic E-state index is 0.0659. The first-order chi connectivity index (χ1) is 8.13. The number of ketones is 1. The van der Waals surface area contributed by atoms with Crippen LogP contribution in [0.5, 0.6) is 0 Å². The second-order valence-electron chi connectivity index (χ2n) is 3.96. The number of rotatable bonds is 6. The van der Waals surface area contributed by atoms with E-state index in [1.165, 1.54) is 0 Å². The maximum Gasteiger partial charge on any atom is 0.181 e. The monoisotopic (exact) mass is 235 g/mol. The molecule has 1 aromatic rings. The SMILES string of the molecule is CCN(CC)C(CN)C(=O)c1ccc(N)cc1. The molecule has 4 N–H and O–H groups in total. The van der Waals surface area contributed by atoms with Gasteiger partial charge in [0.2, 0.25) is 0 Å². The lowest BCUT2D eigenvalue weighted by atomic mass is 10.0. The van der Waals surface area contributed by atoms with Crippen LogP contribution in [0.3, 0.4) is 0 Å². The molecule has 0 aromatic heterocycles. The fourth-order valence-electron chi connectivity index (χ4n) is 1.93. The van der Waals surface area contributed by atoms with Gasteiger partial charge in [-0.1, -0.05) is 13.8 Å². The van der Waals surface area contributed by atoms with Gasteiger partial charge in [0, 0.05) is 17.8 Å². The Kier molecular flexibility index (Phi) is 5.12. The van der Waals surface area contributed by atoms with E-state index in [-0.39, 0.29) is 11.8 Å². The summed E-state index contributed by atoms with van der Waals surface area (Å²) < 4.78 is 0. The van der Waals surface area contributed by atoms with Gasteiger partial charge in [-0.3, -0.25) is 9.69 Å². The van der Waals surface area contributed by atoms with Crippen molar-refractivity contribution in [2.45, 2.75) is 19.9 Å². The van der Waals surface area contributed by atoms with Crippen molar-refractivity contribution in [1.29, 1.82) is 0 Å². The summed E-state index contributed by atoms with van der Waals surface area (Å²) in [6.07, 6.45) is 0. The van der Waals surface area contributed by atoms with E-state index < -0.39 is 0 Å². The first kappa shape index (κ1) is 13.7. The highest BCUT2D eigenvalue weighted by Gasteiger charge is 2.23. The van der Waals surface area contributed by atoms with Gasteiger partial charge in [0.05, 0.1) is 6.04 Å². The lowest BCUT2D eigenvalue weighted by Crippen LogP contribution is -2.46. The van der Waals surface area contributed by atoms with Gasteiger partial charge in [0.15, 0.2) is 5.78 Å². The molecule has 0 aliphatic carbocycles. The predicted molar refractivity (Wildman–Crippen MR) is 70.9 cm³/mol. The lowest BCUT2D eigenvalue weighted by Gasteiger charge is -2.27. The van der Waals surface area contributed by atoms with Crippen molar-refractivity contribution in [3.05, 3.63) is 29.8 Å². The number of benzene rings is 1. The fourth-order valence-corrected chi connectivity index (χ4v) is 1.93. The molecule has 1 atom stereocenters. The summed E-state index contributed by atoms with van der Waals surface area (Å²) in [5, 5.41) is 0. The number of hydrogen-bond donors (Lipinski definition) is 2. The maximum atomic E-state index is 12.3. The third-order valence-electron chi connectivity index (χ3n) is 2.97. The van der Waals surface area contributed by atoms with E-state index in [0.717, 1.165) is 13.1 Å². The minimum Gasteiger partial charge on any atom is -0.399 e. The minimum atomic E-state index is -0.242. The van der Waals surface area contributed by atoms with Gasteiger partial charge in [0.1, 0.15) is 0 Å². The number of nitrogens with two attached hydrogens (primary N) is 2. The topological polar surface area (TPSA) is 72.3 Å². The van der Waals surface area contributed by atoms with Crippen molar-refractivity contribution in [3.63, 3.8) is 0 Å². The third-order valence-corrected chi connectivity index (χ3v) is 2.97. The third kappa shape index (κ3) is 3.28. The largest absolute Gasteiger partial charge is 0.399 e.